The highest BCUT2D eigenvalue weighted by atomic mass is 16.1. The fourth-order valence-corrected chi connectivity index (χ4v) is 3.82. The summed E-state index contributed by atoms with van der Waals surface area (Å²) >= 11 is 0. The average molecular weight is 291 g/mol. The first-order chi connectivity index (χ1) is 10.8. The average Bonchev–Trinajstić information content (AvgIpc) is 2.96. The summed E-state index contributed by atoms with van der Waals surface area (Å²) in [5.74, 6) is 1.04. The summed E-state index contributed by atoms with van der Waals surface area (Å²) in [6.07, 6.45) is 8.12. The van der Waals surface area contributed by atoms with Gasteiger partial charge in [-0.3, -0.25) is 14.7 Å². The molecule has 2 fully saturated rings. The SMILES string of the molecule is O=C(c1ccn[c]c1-c1ccccc1)C1CCC2CCN1C2. The van der Waals surface area contributed by atoms with Crippen molar-refractivity contribution in [3.05, 3.63) is 54.4 Å². The van der Waals surface area contributed by atoms with E-state index in [1.807, 2.05) is 36.4 Å². The zero-order chi connectivity index (χ0) is 14.9. The third-order valence-corrected chi connectivity index (χ3v) is 5.00. The first kappa shape index (κ1) is 13.6. The summed E-state index contributed by atoms with van der Waals surface area (Å²) in [6.45, 7) is 2.16. The van der Waals surface area contributed by atoms with Gasteiger partial charge >= 0.3 is 0 Å². The zero-order valence-electron chi connectivity index (χ0n) is 12.5. The van der Waals surface area contributed by atoms with Gasteiger partial charge in [-0.15, -0.1) is 0 Å². The summed E-state index contributed by atoms with van der Waals surface area (Å²) in [6, 6.07) is 11.9. The monoisotopic (exact) mass is 291 g/mol. The maximum Gasteiger partial charge on any atom is 0.180 e. The third-order valence-electron chi connectivity index (χ3n) is 5.00. The van der Waals surface area contributed by atoms with Crippen molar-refractivity contribution in [2.75, 3.05) is 13.1 Å². The van der Waals surface area contributed by atoms with Crippen molar-refractivity contribution in [3.8, 4) is 11.1 Å². The van der Waals surface area contributed by atoms with Crippen molar-refractivity contribution in [3.63, 3.8) is 0 Å². The Morgan fingerprint density at radius 1 is 1.14 bits per heavy atom. The Morgan fingerprint density at radius 3 is 2.86 bits per heavy atom. The molecular formula is C19H19N2O. The van der Waals surface area contributed by atoms with Crippen LogP contribution in [0.25, 0.3) is 11.1 Å². The molecular weight excluding hydrogens is 272 g/mol. The van der Waals surface area contributed by atoms with Crippen LogP contribution in [0.15, 0.2) is 42.6 Å². The van der Waals surface area contributed by atoms with E-state index in [1.165, 1.54) is 12.8 Å². The van der Waals surface area contributed by atoms with Crippen molar-refractivity contribution in [1.82, 2.24) is 9.88 Å². The molecule has 3 unspecified atom stereocenters. The van der Waals surface area contributed by atoms with Crippen LogP contribution in [0.2, 0.25) is 0 Å². The molecule has 22 heavy (non-hydrogen) atoms. The standard InChI is InChI=1S/C19H19N2O/c22-19(18-7-6-14-9-11-21(18)13-14)16-8-10-20-12-17(16)15-4-2-1-3-5-15/h1-5,8,10,14,18H,6-7,9,11,13H2. The maximum absolute atomic E-state index is 13.1. The molecule has 0 saturated carbocycles. The fraction of sp³-hybridized carbons (Fsp3) is 0.368. The molecule has 2 bridgehead atoms. The quantitative estimate of drug-likeness (QED) is 0.814. The second-order valence-corrected chi connectivity index (χ2v) is 6.32. The van der Waals surface area contributed by atoms with Gasteiger partial charge in [-0.1, -0.05) is 30.3 Å². The van der Waals surface area contributed by atoms with E-state index in [9.17, 15) is 4.79 Å². The van der Waals surface area contributed by atoms with Crippen LogP contribution < -0.4 is 0 Å². The van der Waals surface area contributed by atoms with Crippen LogP contribution in [-0.2, 0) is 0 Å². The second kappa shape index (κ2) is 5.65. The topological polar surface area (TPSA) is 33.2 Å². The Labute approximate surface area is 131 Å². The lowest BCUT2D eigenvalue weighted by atomic mass is 9.89. The molecule has 2 aromatic rings. The summed E-state index contributed by atoms with van der Waals surface area (Å²) in [4.78, 5) is 19.6. The number of carbonyl (C=O) groups excluding carboxylic acids is 1. The molecule has 2 aliphatic heterocycles. The Morgan fingerprint density at radius 2 is 2.00 bits per heavy atom. The van der Waals surface area contributed by atoms with E-state index in [2.05, 4.69) is 16.1 Å². The van der Waals surface area contributed by atoms with Crippen LogP contribution in [0.5, 0.6) is 0 Å². The highest BCUT2D eigenvalue weighted by Crippen LogP contribution is 2.33. The van der Waals surface area contributed by atoms with Gasteiger partial charge < -0.3 is 0 Å². The minimum Gasteiger partial charge on any atom is -0.293 e. The Kier molecular flexibility index (Phi) is 3.51. The third kappa shape index (κ3) is 2.35. The number of piperidine rings is 1. The highest BCUT2D eigenvalue weighted by Gasteiger charge is 2.37. The van der Waals surface area contributed by atoms with E-state index in [4.69, 9.17) is 0 Å². The lowest BCUT2D eigenvalue weighted by Crippen LogP contribution is -2.42. The molecule has 0 amide bonds. The minimum absolute atomic E-state index is 0.0389. The molecule has 1 radical (unpaired) electrons. The molecule has 0 aliphatic carbocycles. The molecule has 3 nitrogen and oxygen atoms in total. The Hall–Kier alpha value is -2.00. The largest absolute Gasteiger partial charge is 0.293 e. The van der Waals surface area contributed by atoms with E-state index in [1.54, 1.807) is 6.20 Å². The molecule has 0 spiro atoms. The fourth-order valence-electron chi connectivity index (χ4n) is 3.82. The van der Waals surface area contributed by atoms with E-state index in [0.717, 1.165) is 42.1 Å². The summed E-state index contributed by atoms with van der Waals surface area (Å²) in [5.41, 5.74) is 2.60. The number of rotatable bonds is 3. The number of aromatic nitrogens is 1. The predicted molar refractivity (Wildman–Crippen MR) is 85.5 cm³/mol. The Bertz CT molecular complexity index is 683. The molecule has 3 heterocycles. The molecule has 0 N–H and O–H groups in total. The summed E-state index contributed by atoms with van der Waals surface area (Å²) < 4.78 is 0. The van der Waals surface area contributed by atoms with Crippen LogP contribution in [0.1, 0.15) is 29.6 Å². The number of hydrogen-bond donors (Lipinski definition) is 0. The number of ketones is 1. The van der Waals surface area contributed by atoms with Crippen molar-refractivity contribution in [2.45, 2.75) is 25.3 Å². The number of carbonyl (C=O) groups is 1. The van der Waals surface area contributed by atoms with E-state index >= 15 is 0 Å². The van der Waals surface area contributed by atoms with Crippen LogP contribution >= 0.6 is 0 Å². The second-order valence-electron chi connectivity index (χ2n) is 6.32. The Balaban J connectivity index is 1.69. The van der Waals surface area contributed by atoms with Gasteiger partial charge in [0.15, 0.2) is 5.78 Å². The van der Waals surface area contributed by atoms with E-state index < -0.39 is 0 Å². The smallest absolute Gasteiger partial charge is 0.180 e. The first-order valence-corrected chi connectivity index (χ1v) is 8.03. The number of benzene rings is 1. The van der Waals surface area contributed by atoms with Gasteiger partial charge in [0.05, 0.1) is 12.2 Å². The predicted octanol–water partition coefficient (Wildman–Crippen LogP) is 3.22. The van der Waals surface area contributed by atoms with Gasteiger partial charge in [-0.25, -0.2) is 0 Å². The van der Waals surface area contributed by atoms with Crippen LogP contribution in [-0.4, -0.2) is 34.8 Å². The summed E-state index contributed by atoms with van der Waals surface area (Å²) in [7, 11) is 0. The minimum atomic E-state index is 0.0389. The van der Waals surface area contributed by atoms with Crippen molar-refractivity contribution in [2.24, 2.45) is 5.92 Å². The van der Waals surface area contributed by atoms with E-state index in [0.29, 0.717) is 0 Å². The van der Waals surface area contributed by atoms with Crippen LogP contribution in [0.4, 0.5) is 0 Å². The number of Topliss-reactive ketones (excluding diaryl/α,β-unsaturated/α-hetero) is 1. The van der Waals surface area contributed by atoms with Gasteiger partial charge in [0.25, 0.3) is 0 Å². The summed E-state index contributed by atoms with van der Waals surface area (Å²) in [5, 5.41) is 0. The van der Waals surface area contributed by atoms with Crippen LogP contribution in [0.3, 0.4) is 0 Å². The number of hydrogen-bond acceptors (Lipinski definition) is 3. The van der Waals surface area contributed by atoms with Crippen LogP contribution in [0, 0.1) is 12.1 Å². The van der Waals surface area contributed by atoms with Gasteiger partial charge in [-0.05, 0) is 43.4 Å². The zero-order valence-corrected chi connectivity index (χ0v) is 12.5. The van der Waals surface area contributed by atoms with Gasteiger partial charge in [0.2, 0.25) is 0 Å². The van der Waals surface area contributed by atoms with Gasteiger partial charge in [-0.2, -0.15) is 0 Å². The molecule has 4 rings (SSSR count). The van der Waals surface area contributed by atoms with Gasteiger partial charge in [0.1, 0.15) is 0 Å². The lowest BCUT2D eigenvalue weighted by molar-refractivity contribution is 0.0794. The molecule has 1 aromatic carbocycles. The van der Waals surface area contributed by atoms with Crippen molar-refractivity contribution < 1.29 is 4.79 Å². The van der Waals surface area contributed by atoms with E-state index in [-0.39, 0.29) is 11.8 Å². The molecule has 3 atom stereocenters. The molecule has 2 saturated heterocycles. The molecule has 1 aromatic heterocycles. The highest BCUT2D eigenvalue weighted by molar-refractivity contribution is 6.05. The number of fused-ring (bicyclic) bond motifs is 2. The normalized spacial score (nSPS) is 26.8. The molecule has 2 aliphatic rings. The number of nitrogens with zero attached hydrogens (tertiary/aromatic N) is 2. The van der Waals surface area contributed by atoms with Gasteiger partial charge in [0, 0.05) is 23.9 Å². The number of pyridine rings is 1. The molecule has 3 heteroatoms. The van der Waals surface area contributed by atoms with Crippen molar-refractivity contribution >= 4 is 5.78 Å². The maximum atomic E-state index is 13.1. The lowest BCUT2D eigenvalue weighted by Gasteiger charge is -2.31. The molecule has 111 valence electrons. The first-order valence-electron chi connectivity index (χ1n) is 8.03. The van der Waals surface area contributed by atoms with Crippen molar-refractivity contribution in [1.29, 1.82) is 0 Å².